The van der Waals surface area contributed by atoms with Gasteiger partial charge in [0.15, 0.2) is 0 Å². The molecule has 0 aliphatic carbocycles. The van der Waals surface area contributed by atoms with Crippen LogP contribution in [0.15, 0.2) is 47.4 Å². The standard InChI is InChI=1S/C17H18N4O3S2/c1-3-12-7-4-5-8-13(12)18-16(22)11-21(2)26(23,24)15-10-6-9-14-17(15)20-25-19-14/h4-10H,3,11H2,1-2H3,(H,18,22). The Morgan fingerprint density at radius 3 is 2.69 bits per heavy atom. The Labute approximate surface area is 156 Å². The largest absolute Gasteiger partial charge is 0.325 e. The number of hydrogen-bond acceptors (Lipinski definition) is 6. The predicted octanol–water partition coefficient (Wildman–Crippen LogP) is 2.51. The number of hydrogen-bond donors (Lipinski definition) is 1. The summed E-state index contributed by atoms with van der Waals surface area (Å²) in [6, 6.07) is 12.2. The summed E-state index contributed by atoms with van der Waals surface area (Å²) in [5, 5.41) is 2.78. The first-order valence-corrected chi connectivity index (χ1v) is 10.2. The van der Waals surface area contributed by atoms with E-state index in [9.17, 15) is 13.2 Å². The maximum atomic E-state index is 12.8. The first kappa shape index (κ1) is 18.4. The van der Waals surface area contributed by atoms with E-state index in [1.807, 2.05) is 25.1 Å². The van der Waals surface area contributed by atoms with Crippen LogP contribution in [0.25, 0.3) is 11.0 Å². The molecule has 0 fully saturated rings. The summed E-state index contributed by atoms with van der Waals surface area (Å²) >= 11 is 0.952. The highest BCUT2D eigenvalue weighted by Crippen LogP contribution is 2.23. The fourth-order valence-electron chi connectivity index (χ4n) is 2.58. The minimum Gasteiger partial charge on any atom is -0.325 e. The quantitative estimate of drug-likeness (QED) is 0.698. The first-order valence-electron chi connectivity index (χ1n) is 7.99. The van der Waals surface area contributed by atoms with Crippen LogP contribution < -0.4 is 5.32 Å². The van der Waals surface area contributed by atoms with Crippen LogP contribution >= 0.6 is 11.7 Å². The van der Waals surface area contributed by atoms with Gasteiger partial charge in [0.25, 0.3) is 0 Å². The van der Waals surface area contributed by atoms with E-state index in [4.69, 9.17) is 0 Å². The molecule has 0 atom stereocenters. The lowest BCUT2D eigenvalue weighted by Crippen LogP contribution is -2.35. The molecule has 7 nitrogen and oxygen atoms in total. The Balaban J connectivity index is 1.79. The van der Waals surface area contributed by atoms with Crippen LogP contribution in [0.3, 0.4) is 0 Å². The molecule has 0 saturated heterocycles. The van der Waals surface area contributed by atoms with Gasteiger partial charge in [-0.3, -0.25) is 4.79 Å². The minimum absolute atomic E-state index is 0.0491. The SMILES string of the molecule is CCc1ccccc1NC(=O)CN(C)S(=O)(=O)c1cccc2nsnc12. The fourth-order valence-corrected chi connectivity index (χ4v) is 4.46. The van der Waals surface area contributed by atoms with Gasteiger partial charge >= 0.3 is 0 Å². The lowest BCUT2D eigenvalue weighted by atomic mass is 10.1. The molecule has 0 saturated carbocycles. The van der Waals surface area contributed by atoms with E-state index >= 15 is 0 Å². The number of aromatic nitrogens is 2. The third kappa shape index (κ3) is 3.59. The highest BCUT2D eigenvalue weighted by molar-refractivity contribution is 7.89. The Kier molecular flexibility index (Phi) is 5.30. The maximum Gasteiger partial charge on any atom is 0.245 e. The highest BCUT2D eigenvalue weighted by Gasteiger charge is 2.26. The molecule has 26 heavy (non-hydrogen) atoms. The second-order valence-electron chi connectivity index (χ2n) is 5.71. The summed E-state index contributed by atoms with van der Waals surface area (Å²) in [6.07, 6.45) is 0.767. The van der Waals surface area contributed by atoms with Crippen molar-refractivity contribution < 1.29 is 13.2 Å². The zero-order valence-electron chi connectivity index (χ0n) is 14.3. The lowest BCUT2D eigenvalue weighted by molar-refractivity contribution is -0.116. The number of amides is 1. The number of nitrogens with one attached hydrogen (secondary N) is 1. The Morgan fingerprint density at radius 1 is 1.15 bits per heavy atom. The number of para-hydroxylation sites is 1. The molecule has 9 heteroatoms. The van der Waals surface area contributed by atoms with Gasteiger partial charge in [-0.2, -0.15) is 13.1 Å². The van der Waals surface area contributed by atoms with E-state index in [-0.39, 0.29) is 11.4 Å². The number of carbonyl (C=O) groups excluding carboxylic acids is 1. The number of likely N-dealkylation sites (N-methyl/N-ethyl adjacent to an activating group) is 1. The Bertz CT molecular complexity index is 1050. The summed E-state index contributed by atoms with van der Waals surface area (Å²) in [7, 11) is -2.49. The molecule has 0 aliphatic heterocycles. The molecule has 1 aromatic heterocycles. The predicted molar refractivity (Wildman–Crippen MR) is 102 cm³/mol. The number of sulfonamides is 1. The molecule has 0 bridgehead atoms. The number of carbonyl (C=O) groups is 1. The molecular weight excluding hydrogens is 372 g/mol. The van der Waals surface area contributed by atoms with Gasteiger partial charge in [0, 0.05) is 12.7 Å². The molecule has 136 valence electrons. The van der Waals surface area contributed by atoms with Crippen molar-refractivity contribution in [3.8, 4) is 0 Å². The highest BCUT2D eigenvalue weighted by atomic mass is 32.2. The number of rotatable bonds is 6. The van der Waals surface area contributed by atoms with Crippen molar-refractivity contribution in [3.05, 3.63) is 48.0 Å². The Hall–Kier alpha value is -2.36. The molecule has 1 amide bonds. The van der Waals surface area contributed by atoms with Gasteiger partial charge in [0.1, 0.15) is 15.9 Å². The molecule has 3 aromatic rings. The molecule has 1 heterocycles. The van der Waals surface area contributed by atoms with Crippen molar-refractivity contribution in [3.63, 3.8) is 0 Å². The molecule has 3 rings (SSSR count). The van der Waals surface area contributed by atoms with Gasteiger partial charge in [-0.05, 0) is 30.2 Å². The van der Waals surface area contributed by atoms with E-state index in [2.05, 4.69) is 14.1 Å². The van der Waals surface area contributed by atoms with Crippen LogP contribution in [0.4, 0.5) is 5.69 Å². The van der Waals surface area contributed by atoms with Crippen LogP contribution in [0.1, 0.15) is 12.5 Å². The zero-order chi connectivity index (χ0) is 18.7. The molecule has 0 aliphatic rings. The van der Waals surface area contributed by atoms with Crippen LogP contribution in [-0.4, -0.2) is 41.0 Å². The monoisotopic (exact) mass is 390 g/mol. The first-order chi connectivity index (χ1) is 12.4. The molecular formula is C17H18N4O3S2. The number of aryl methyl sites for hydroxylation is 1. The van der Waals surface area contributed by atoms with E-state index in [0.29, 0.717) is 16.7 Å². The number of nitrogens with zero attached hydrogens (tertiary/aromatic N) is 3. The van der Waals surface area contributed by atoms with Gasteiger partial charge in [0.2, 0.25) is 15.9 Å². The molecule has 2 aromatic carbocycles. The van der Waals surface area contributed by atoms with Gasteiger partial charge in [-0.1, -0.05) is 31.2 Å². The van der Waals surface area contributed by atoms with Gasteiger partial charge in [-0.25, -0.2) is 8.42 Å². The van der Waals surface area contributed by atoms with Crippen molar-refractivity contribution in [1.29, 1.82) is 0 Å². The normalized spacial score (nSPS) is 11.8. The van der Waals surface area contributed by atoms with Crippen LogP contribution in [0, 0.1) is 0 Å². The van der Waals surface area contributed by atoms with E-state index in [0.717, 1.165) is 28.0 Å². The number of benzene rings is 2. The summed E-state index contributed by atoms with van der Waals surface area (Å²) in [4.78, 5) is 12.4. The fraction of sp³-hybridized carbons (Fsp3) is 0.235. The van der Waals surface area contributed by atoms with Crippen molar-refractivity contribution in [1.82, 2.24) is 13.1 Å². The summed E-state index contributed by atoms with van der Waals surface area (Å²) < 4.78 is 34.8. The average molecular weight is 390 g/mol. The summed E-state index contributed by atoms with van der Waals surface area (Å²) in [5.41, 5.74) is 2.52. The van der Waals surface area contributed by atoms with Gasteiger partial charge in [-0.15, -0.1) is 0 Å². The molecule has 0 radical (unpaired) electrons. The third-order valence-corrected chi connectivity index (χ3v) is 6.35. The molecule has 0 unspecified atom stereocenters. The molecule has 0 spiro atoms. The van der Waals surface area contributed by atoms with Crippen LogP contribution in [0.5, 0.6) is 0 Å². The van der Waals surface area contributed by atoms with E-state index in [1.54, 1.807) is 18.2 Å². The average Bonchev–Trinajstić information content (AvgIpc) is 3.10. The van der Waals surface area contributed by atoms with Crippen LogP contribution in [0.2, 0.25) is 0 Å². The van der Waals surface area contributed by atoms with Gasteiger partial charge < -0.3 is 5.32 Å². The second-order valence-corrected chi connectivity index (χ2v) is 8.25. The van der Waals surface area contributed by atoms with Crippen LogP contribution in [-0.2, 0) is 21.2 Å². The Morgan fingerprint density at radius 2 is 1.92 bits per heavy atom. The van der Waals surface area contributed by atoms with Crippen molar-refractivity contribution in [2.24, 2.45) is 0 Å². The van der Waals surface area contributed by atoms with Crippen molar-refractivity contribution in [2.75, 3.05) is 18.9 Å². The zero-order valence-corrected chi connectivity index (χ0v) is 16.0. The van der Waals surface area contributed by atoms with Crippen molar-refractivity contribution in [2.45, 2.75) is 18.2 Å². The molecule has 1 N–H and O–H groups in total. The van der Waals surface area contributed by atoms with Crippen molar-refractivity contribution >= 4 is 44.4 Å². The summed E-state index contributed by atoms with van der Waals surface area (Å²) in [6.45, 7) is 1.69. The third-order valence-electron chi connectivity index (χ3n) is 3.98. The van der Waals surface area contributed by atoms with E-state index in [1.165, 1.54) is 13.1 Å². The topological polar surface area (TPSA) is 92.3 Å². The van der Waals surface area contributed by atoms with Gasteiger partial charge in [0.05, 0.1) is 18.3 Å². The number of fused-ring (bicyclic) bond motifs is 1. The smallest absolute Gasteiger partial charge is 0.245 e. The minimum atomic E-state index is -3.86. The van der Waals surface area contributed by atoms with E-state index < -0.39 is 15.9 Å². The maximum absolute atomic E-state index is 12.8. The number of anilines is 1. The second kappa shape index (κ2) is 7.48. The lowest BCUT2D eigenvalue weighted by Gasteiger charge is -2.17. The summed E-state index contributed by atoms with van der Waals surface area (Å²) in [5.74, 6) is -0.402.